The lowest BCUT2D eigenvalue weighted by atomic mass is 9.84. The number of nitrogens with two attached hydrogens (primary N) is 1. The summed E-state index contributed by atoms with van der Waals surface area (Å²) in [5.41, 5.74) is 8.92. The molecule has 0 radical (unpaired) electrons. The molecule has 1 aliphatic rings. The van der Waals surface area contributed by atoms with Gasteiger partial charge in [-0.1, -0.05) is 12.5 Å². The number of benzene rings is 1. The molecule has 0 unspecified atom stereocenters. The summed E-state index contributed by atoms with van der Waals surface area (Å²) >= 11 is 0. The molecular formula is C16H21N3O. The molecule has 3 rings (SSSR count). The summed E-state index contributed by atoms with van der Waals surface area (Å²) in [5.74, 6) is 1.35. The van der Waals surface area contributed by atoms with Crippen molar-refractivity contribution in [1.82, 2.24) is 9.55 Å². The summed E-state index contributed by atoms with van der Waals surface area (Å²) in [7, 11) is 1.83. The van der Waals surface area contributed by atoms with E-state index in [4.69, 9.17) is 10.7 Å². The molecule has 0 spiro atoms. The van der Waals surface area contributed by atoms with Gasteiger partial charge in [-0.3, -0.25) is 9.36 Å². The third-order valence-electron chi connectivity index (χ3n) is 4.35. The Morgan fingerprint density at radius 2 is 2.10 bits per heavy atom. The molecule has 1 aromatic carbocycles. The summed E-state index contributed by atoms with van der Waals surface area (Å²) in [6, 6.07) is 3.84. The fourth-order valence-electron chi connectivity index (χ4n) is 2.95. The second-order valence-electron chi connectivity index (χ2n) is 6.00. The van der Waals surface area contributed by atoms with E-state index in [-0.39, 0.29) is 11.6 Å². The average molecular weight is 271 g/mol. The third kappa shape index (κ3) is 1.95. The minimum Gasteiger partial charge on any atom is -0.324 e. The molecule has 106 valence electrons. The van der Waals surface area contributed by atoms with Gasteiger partial charge in [0.25, 0.3) is 5.56 Å². The van der Waals surface area contributed by atoms with Gasteiger partial charge in [0.15, 0.2) is 0 Å². The summed E-state index contributed by atoms with van der Waals surface area (Å²) < 4.78 is 1.72. The Morgan fingerprint density at radius 3 is 2.65 bits per heavy atom. The number of hydrogen-bond acceptors (Lipinski definition) is 3. The van der Waals surface area contributed by atoms with Crippen molar-refractivity contribution < 1.29 is 0 Å². The van der Waals surface area contributed by atoms with Crippen molar-refractivity contribution >= 4 is 10.9 Å². The molecule has 0 aliphatic heterocycles. The predicted octanol–water partition coefficient (Wildman–Crippen LogP) is 2.53. The number of nitrogens with zero attached hydrogens (tertiary/aromatic N) is 2. The maximum atomic E-state index is 12.6. The Labute approximate surface area is 118 Å². The van der Waals surface area contributed by atoms with Crippen LogP contribution in [-0.2, 0) is 7.05 Å². The van der Waals surface area contributed by atoms with Gasteiger partial charge >= 0.3 is 0 Å². The molecule has 20 heavy (non-hydrogen) atoms. The number of rotatable bonds is 2. The molecule has 0 amide bonds. The molecule has 1 heterocycles. The third-order valence-corrected chi connectivity index (χ3v) is 4.35. The van der Waals surface area contributed by atoms with Gasteiger partial charge in [0.1, 0.15) is 5.82 Å². The second kappa shape index (κ2) is 4.70. The lowest BCUT2D eigenvalue weighted by molar-refractivity contribution is 0.388. The van der Waals surface area contributed by atoms with Crippen LogP contribution in [0.25, 0.3) is 10.9 Å². The monoisotopic (exact) mass is 271 g/mol. The Bertz CT molecular complexity index is 727. The minimum absolute atomic E-state index is 0.0440. The van der Waals surface area contributed by atoms with Crippen molar-refractivity contribution in [2.75, 3.05) is 0 Å². The minimum atomic E-state index is -0.119. The molecule has 1 aliphatic carbocycles. The van der Waals surface area contributed by atoms with E-state index in [1.165, 1.54) is 6.42 Å². The van der Waals surface area contributed by atoms with Gasteiger partial charge in [0.2, 0.25) is 0 Å². The van der Waals surface area contributed by atoms with Crippen molar-refractivity contribution in [3.8, 4) is 0 Å². The zero-order chi connectivity index (χ0) is 14.4. The zero-order valence-corrected chi connectivity index (χ0v) is 12.3. The van der Waals surface area contributed by atoms with Gasteiger partial charge in [-0.05, 0) is 43.9 Å². The van der Waals surface area contributed by atoms with E-state index in [9.17, 15) is 4.79 Å². The molecule has 0 bridgehead atoms. The summed E-state index contributed by atoms with van der Waals surface area (Å²) in [5, 5.41) is 0.683. The molecule has 1 saturated carbocycles. The van der Waals surface area contributed by atoms with Crippen LogP contribution in [0.15, 0.2) is 16.9 Å². The van der Waals surface area contributed by atoms with Crippen molar-refractivity contribution in [1.29, 1.82) is 0 Å². The topological polar surface area (TPSA) is 60.9 Å². The fourth-order valence-corrected chi connectivity index (χ4v) is 2.95. The molecule has 4 heteroatoms. The predicted molar refractivity (Wildman–Crippen MR) is 80.9 cm³/mol. The van der Waals surface area contributed by atoms with Crippen molar-refractivity contribution in [3.63, 3.8) is 0 Å². The van der Waals surface area contributed by atoms with E-state index < -0.39 is 0 Å². The Hall–Kier alpha value is -1.68. The van der Waals surface area contributed by atoms with Gasteiger partial charge in [-0.2, -0.15) is 0 Å². The SMILES string of the molecule is Cc1cc([C@@H](C)N)c2nc(C3CCC3)n(C)c(=O)c2c1. The fraction of sp³-hybridized carbons (Fsp3) is 0.500. The van der Waals surface area contributed by atoms with Crippen LogP contribution >= 0.6 is 0 Å². The highest BCUT2D eigenvalue weighted by Gasteiger charge is 2.25. The second-order valence-corrected chi connectivity index (χ2v) is 6.00. The molecule has 1 atom stereocenters. The van der Waals surface area contributed by atoms with Crippen LogP contribution in [0.5, 0.6) is 0 Å². The van der Waals surface area contributed by atoms with Crippen LogP contribution in [0.4, 0.5) is 0 Å². The van der Waals surface area contributed by atoms with Crippen LogP contribution in [-0.4, -0.2) is 9.55 Å². The highest BCUT2D eigenvalue weighted by atomic mass is 16.1. The molecule has 2 aromatic rings. The first kappa shape index (κ1) is 13.3. The number of aromatic nitrogens is 2. The van der Waals surface area contributed by atoms with E-state index in [1.54, 1.807) is 4.57 Å². The maximum absolute atomic E-state index is 12.6. The van der Waals surface area contributed by atoms with Gasteiger partial charge in [-0.25, -0.2) is 4.98 Å². The smallest absolute Gasteiger partial charge is 0.261 e. The molecule has 0 saturated heterocycles. The highest BCUT2D eigenvalue weighted by Crippen LogP contribution is 2.35. The van der Waals surface area contributed by atoms with Crippen LogP contribution in [0, 0.1) is 6.92 Å². The first-order chi connectivity index (χ1) is 9.49. The number of fused-ring (bicyclic) bond motifs is 1. The molecule has 4 nitrogen and oxygen atoms in total. The quantitative estimate of drug-likeness (QED) is 0.913. The highest BCUT2D eigenvalue weighted by molar-refractivity contribution is 5.82. The lowest BCUT2D eigenvalue weighted by Crippen LogP contribution is -2.27. The number of hydrogen-bond donors (Lipinski definition) is 1. The van der Waals surface area contributed by atoms with Gasteiger partial charge < -0.3 is 5.73 Å². The molecule has 1 fully saturated rings. The van der Waals surface area contributed by atoms with Crippen molar-refractivity contribution in [3.05, 3.63) is 39.4 Å². The zero-order valence-electron chi connectivity index (χ0n) is 12.3. The standard InChI is InChI=1S/C16H21N3O/c1-9-7-12(10(2)17)14-13(8-9)16(20)19(3)15(18-14)11-5-4-6-11/h7-8,10-11H,4-6,17H2,1-3H3/t10-/m1/s1. The maximum Gasteiger partial charge on any atom is 0.261 e. The van der Waals surface area contributed by atoms with Gasteiger partial charge in [-0.15, -0.1) is 0 Å². The number of aryl methyl sites for hydroxylation is 1. The van der Waals surface area contributed by atoms with E-state index in [0.717, 1.165) is 35.3 Å². The van der Waals surface area contributed by atoms with E-state index in [1.807, 2.05) is 33.0 Å². The molecular weight excluding hydrogens is 250 g/mol. The van der Waals surface area contributed by atoms with Gasteiger partial charge in [0.05, 0.1) is 10.9 Å². The molecule has 2 N–H and O–H groups in total. The van der Waals surface area contributed by atoms with E-state index >= 15 is 0 Å². The average Bonchev–Trinajstić information content (AvgIpc) is 2.33. The Morgan fingerprint density at radius 1 is 1.40 bits per heavy atom. The Kier molecular flexibility index (Phi) is 3.13. The first-order valence-corrected chi connectivity index (χ1v) is 7.25. The lowest BCUT2D eigenvalue weighted by Gasteiger charge is -2.27. The normalized spacial score (nSPS) is 17.2. The van der Waals surface area contributed by atoms with Crippen LogP contribution in [0.1, 0.15) is 55.1 Å². The van der Waals surface area contributed by atoms with Crippen LogP contribution < -0.4 is 11.3 Å². The van der Waals surface area contributed by atoms with Gasteiger partial charge in [0, 0.05) is 19.0 Å². The molecule has 1 aromatic heterocycles. The summed E-state index contributed by atoms with van der Waals surface area (Å²) in [4.78, 5) is 17.4. The van der Waals surface area contributed by atoms with Crippen LogP contribution in [0.3, 0.4) is 0 Å². The first-order valence-electron chi connectivity index (χ1n) is 7.25. The van der Waals surface area contributed by atoms with Crippen molar-refractivity contribution in [2.45, 2.75) is 45.1 Å². The summed E-state index contributed by atoms with van der Waals surface area (Å²) in [6.07, 6.45) is 3.49. The summed E-state index contributed by atoms with van der Waals surface area (Å²) in [6.45, 7) is 3.93. The Balaban J connectivity index is 2.36. The largest absolute Gasteiger partial charge is 0.324 e. The van der Waals surface area contributed by atoms with E-state index in [0.29, 0.717) is 11.3 Å². The van der Waals surface area contributed by atoms with Crippen LogP contribution in [0.2, 0.25) is 0 Å². The van der Waals surface area contributed by atoms with E-state index in [2.05, 4.69) is 0 Å². The van der Waals surface area contributed by atoms with Crippen molar-refractivity contribution in [2.24, 2.45) is 12.8 Å².